The minimum atomic E-state index is 0.607. The van der Waals surface area contributed by atoms with Gasteiger partial charge in [0, 0.05) is 12.2 Å². The molecule has 94 valence electrons. The average molecular weight is 232 g/mol. The fourth-order valence-corrected chi connectivity index (χ4v) is 2.36. The fraction of sp³-hybridized carbons (Fsp3) is 0.600. The number of piperidine rings is 1. The lowest BCUT2D eigenvalue weighted by atomic mass is 9.98. The van der Waals surface area contributed by atoms with Crippen LogP contribution in [0.25, 0.3) is 0 Å². The molecule has 2 nitrogen and oxygen atoms in total. The van der Waals surface area contributed by atoms with Crippen molar-refractivity contribution >= 4 is 5.69 Å². The molecule has 1 aromatic rings. The molecule has 1 heterocycles. The van der Waals surface area contributed by atoms with Gasteiger partial charge in [0.1, 0.15) is 0 Å². The standard InChI is InChI=1S/C15H24N2/c1-12(2)14-4-3-5-15(10-14)17-11-13-6-8-16-9-7-13/h3-5,10,12-13,16-17H,6-9,11H2,1-2H3. The lowest BCUT2D eigenvalue weighted by molar-refractivity contribution is 0.390. The lowest BCUT2D eigenvalue weighted by Crippen LogP contribution is -2.31. The van der Waals surface area contributed by atoms with Crippen LogP contribution < -0.4 is 10.6 Å². The third kappa shape index (κ3) is 3.74. The van der Waals surface area contributed by atoms with E-state index in [9.17, 15) is 0 Å². The Morgan fingerprint density at radius 2 is 2.06 bits per heavy atom. The number of benzene rings is 1. The first-order chi connectivity index (χ1) is 8.25. The average Bonchev–Trinajstić information content (AvgIpc) is 2.38. The first-order valence-corrected chi connectivity index (χ1v) is 6.80. The number of anilines is 1. The van der Waals surface area contributed by atoms with Crippen molar-refractivity contribution in [2.45, 2.75) is 32.6 Å². The second kappa shape index (κ2) is 6.06. The molecule has 0 aliphatic carbocycles. The second-order valence-electron chi connectivity index (χ2n) is 5.35. The third-order valence-corrected chi connectivity index (χ3v) is 3.61. The molecule has 0 saturated carbocycles. The lowest BCUT2D eigenvalue weighted by Gasteiger charge is -2.23. The Morgan fingerprint density at radius 3 is 2.76 bits per heavy atom. The summed E-state index contributed by atoms with van der Waals surface area (Å²) in [4.78, 5) is 0. The summed E-state index contributed by atoms with van der Waals surface area (Å²) in [7, 11) is 0. The smallest absolute Gasteiger partial charge is 0.0343 e. The van der Waals surface area contributed by atoms with Crippen LogP contribution in [-0.4, -0.2) is 19.6 Å². The highest BCUT2D eigenvalue weighted by Gasteiger charge is 2.12. The summed E-state index contributed by atoms with van der Waals surface area (Å²) in [6.07, 6.45) is 2.60. The van der Waals surface area contributed by atoms with Gasteiger partial charge >= 0.3 is 0 Å². The predicted octanol–water partition coefficient (Wildman–Crippen LogP) is 3.22. The molecule has 2 heteroatoms. The van der Waals surface area contributed by atoms with E-state index >= 15 is 0 Å². The monoisotopic (exact) mass is 232 g/mol. The molecule has 0 radical (unpaired) electrons. The maximum absolute atomic E-state index is 3.58. The molecule has 17 heavy (non-hydrogen) atoms. The zero-order chi connectivity index (χ0) is 12.1. The number of rotatable bonds is 4. The molecule has 0 bridgehead atoms. The third-order valence-electron chi connectivity index (χ3n) is 3.61. The van der Waals surface area contributed by atoms with Crippen molar-refractivity contribution in [3.63, 3.8) is 0 Å². The van der Waals surface area contributed by atoms with Crippen LogP contribution in [0.2, 0.25) is 0 Å². The maximum atomic E-state index is 3.58. The van der Waals surface area contributed by atoms with Crippen LogP contribution in [0.15, 0.2) is 24.3 Å². The van der Waals surface area contributed by atoms with Crippen molar-refractivity contribution in [2.24, 2.45) is 5.92 Å². The van der Waals surface area contributed by atoms with Gasteiger partial charge in [0.15, 0.2) is 0 Å². The van der Waals surface area contributed by atoms with E-state index in [-0.39, 0.29) is 0 Å². The van der Waals surface area contributed by atoms with Gasteiger partial charge < -0.3 is 10.6 Å². The Bertz CT molecular complexity index is 341. The summed E-state index contributed by atoms with van der Waals surface area (Å²) in [6.45, 7) is 7.96. The predicted molar refractivity (Wildman–Crippen MR) is 74.6 cm³/mol. The highest BCUT2D eigenvalue weighted by atomic mass is 14.9. The van der Waals surface area contributed by atoms with Crippen LogP contribution in [0, 0.1) is 5.92 Å². The zero-order valence-corrected chi connectivity index (χ0v) is 11.0. The molecule has 1 aliphatic rings. The van der Waals surface area contributed by atoms with Crippen molar-refractivity contribution in [1.29, 1.82) is 0 Å². The van der Waals surface area contributed by atoms with Gasteiger partial charge in [0.05, 0.1) is 0 Å². The highest BCUT2D eigenvalue weighted by Crippen LogP contribution is 2.19. The first kappa shape index (κ1) is 12.4. The summed E-state index contributed by atoms with van der Waals surface area (Å²) < 4.78 is 0. The Kier molecular flexibility index (Phi) is 4.43. The van der Waals surface area contributed by atoms with Crippen molar-refractivity contribution in [3.05, 3.63) is 29.8 Å². The molecule has 0 aromatic heterocycles. The SMILES string of the molecule is CC(C)c1cccc(NCC2CCNCC2)c1. The Hall–Kier alpha value is -1.02. The normalized spacial score (nSPS) is 17.4. The molecule has 1 saturated heterocycles. The molecule has 1 aliphatic heterocycles. The molecular formula is C15H24N2. The van der Waals surface area contributed by atoms with E-state index in [1.165, 1.54) is 37.2 Å². The van der Waals surface area contributed by atoms with Gasteiger partial charge in [-0.2, -0.15) is 0 Å². The van der Waals surface area contributed by atoms with Gasteiger partial charge in [0.25, 0.3) is 0 Å². The largest absolute Gasteiger partial charge is 0.385 e. The van der Waals surface area contributed by atoms with Gasteiger partial charge in [-0.1, -0.05) is 26.0 Å². The van der Waals surface area contributed by atoms with Crippen LogP contribution in [0.1, 0.15) is 38.2 Å². The summed E-state index contributed by atoms with van der Waals surface area (Å²) >= 11 is 0. The molecule has 1 aromatic carbocycles. The summed E-state index contributed by atoms with van der Waals surface area (Å²) in [5, 5.41) is 6.99. The van der Waals surface area contributed by atoms with E-state index in [1.54, 1.807) is 0 Å². The van der Waals surface area contributed by atoms with Crippen LogP contribution in [0.3, 0.4) is 0 Å². The first-order valence-electron chi connectivity index (χ1n) is 6.80. The molecule has 2 N–H and O–H groups in total. The van der Waals surface area contributed by atoms with Crippen LogP contribution in [0.4, 0.5) is 5.69 Å². The van der Waals surface area contributed by atoms with Gasteiger partial charge in [-0.05, 0) is 55.5 Å². The van der Waals surface area contributed by atoms with E-state index in [0.29, 0.717) is 5.92 Å². The highest BCUT2D eigenvalue weighted by molar-refractivity contribution is 5.46. The molecule has 0 spiro atoms. The molecule has 2 rings (SSSR count). The van der Waals surface area contributed by atoms with Gasteiger partial charge in [-0.25, -0.2) is 0 Å². The minimum Gasteiger partial charge on any atom is -0.385 e. The minimum absolute atomic E-state index is 0.607. The van der Waals surface area contributed by atoms with Gasteiger partial charge in [-0.3, -0.25) is 0 Å². The van der Waals surface area contributed by atoms with Crippen molar-refractivity contribution < 1.29 is 0 Å². The van der Waals surface area contributed by atoms with Crippen molar-refractivity contribution in [3.8, 4) is 0 Å². The molecule has 1 fully saturated rings. The van der Waals surface area contributed by atoms with Crippen molar-refractivity contribution in [1.82, 2.24) is 5.32 Å². The molecule has 0 unspecified atom stereocenters. The van der Waals surface area contributed by atoms with E-state index in [0.717, 1.165) is 12.5 Å². The Balaban J connectivity index is 1.87. The Labute approximate surface area is 105 Å². The van der Waals surface area contributed by atoms with Gasteiger partial charge in [-0.15, -0.1) is 0 Å². The quantitative estimate of drug-likeness (QED) is 0.833. The van der Waals surface area contributed by atoms with E-state index in [2.05, 4.69) is 48.7 Å². The van der Waals surface area contributed by atoms with Crippen LogP contribution in [-0.2, 0) is 0 Å². The molecule has 0 atom stereocenters. The van der Waals surface area contributed by atoms with Crippen LogP contribution >= 0.6 is 0 Å². The summed E-state index contributed by atoms with van der Waals surface area (Å²) in [5.74, 6) is 1.44. The number of hydrogen-bond acceptors (Lipinski definition) is 2. The fourth-order valence-electron chi connectivity index (χ4n) is 2.36. The van der Waals surface area contributed by atoms with Gasteiger partial charge in [0.2, 0.25) is 0 Å². The molecule has 0 amide bonds. The Morgan fingerprint density at radius 1 is 1.29 bits per heavy atom. The van der Waals surface area contributed by atoms with E-state index in [4.69, 9.17) is 0 Å². The van der Waals surface area contributed by atoms with Crippen molar-refractivity contribution in [2.75, 3.05) is 25.0 Å². The topological polar surface area (TPSA) is 24.1 Å². The zero-order valence-electron chi connectivity index (χ0n) is 11.0. The van der Waals surface area contributed by atoms with E-state index in [1.807, 2.05) is 0 Å². The maximum Gasteiger partial charge on any atom is 0.0343 e. The molecular weight excluding hydrogens is 208 g/mol. The summed E-state index contributed by atoms with van der Waals surface area (Å²) in [5.41, 5.74) is 2.69. The second-order valence-corrected chi connectivity index (χ2v) is 5.35. The summed E-state index contributed by atoms with van der Waals surface area (Å²) in [6, 6.07) is 8.82. The van der Waals surface area contributed by atoms with E-state index < -0.39 is 0 Å². The number of nitrogens with one attached hydrogen (secondary N) is 2. The number of hydrogen-bond donors (Lipinski definition) is 2. The van der Waals surface area contributed by atoms with Crippen LogP contribution in [0.5, 0.6) is 0 Å².